The molecule has 2 rings (SSSR count). The average Bonchev–Trinajstić information content (AvgIpc) is 2.47. The van der Waals surface area contributed by atoms with Crippen LogP contribution >= 0.6 is 0 Å². The summed E-state index contributed by atoms with van der Waals surface area (Å²) in [6.45, 7) is 2.88. The number of nitrogens with one attached hydrogen (secondary N) is 1. The standard InChI is InChI=1S/C15H21FN2O3S/c1-11(22(2,20)21)15(19)17-13-7-9-18(10-8-13)14-5-3-12(16)4-6-14/h3-6,11,13H,7-10H2,1-2H3,(H,17,19)/t11-/m1/s1. The summed E-state index contributed by atoms with van der Waals surface area (Å²) in [5, 5.41) is 1.78. The van der Waals surface area contributed by atoms with Crippen LogP contribution < -0.4 is 10.2 Å². The van der Waals surface area contributed by atoms with E-state index in [1.807, 2.05) is 0 Å². The van der Waals surface area contributed by atoms with Crippen molar-refractivity contribution in [2.75, 3.05) is 24.2 Å². The quantitative estimate of drug-likeness (QED) is 0.906. The van der Waals surface area contributed by atoms with Crippen molar-refractivity contribution in [3.8, 4) is 0 Å². The Morgan fingerprint density at radius 1 is 1.27 bits per heavy atom. The van der Waals surface area contributed by atoms with E-state index in [0.717, 1.165) is 37.9 Å². The molecular formula is C15H21FN2O3S. The summed E-state index contributed by atoms with van der Waals surface area (Å²) < 4.78 is 35.7. The summed E-state index contributed by atoms with van der Waals surface area (Å²) in [7, 11) is -3.37. The normalized spacial score (nSPS) is 18.0. The van der Waals surface area contributed by atoms with Crippen molar-refractivity contribution in [3.63, 3.8) is 0 Å². The van der Waals surface area contributed by atoms with E-state index in [-0.39, 0.29) is 11.9 Å². The van der Waals surface area contributed by atoms with Crippen molar-refractivity contribution >= 4 is 21.4 Å². The third-order valence-electron chi connectivity index (χ3n) is 4.04. The number of amides is 1. The zero-order valence-electron chi connectivity index (χ0n) is 12.8. The van der Waals surface area contributed by atoms with Gasteiger partial charge in [-0.3, -0.25) is 4.79 Å². The van der Waals surface area contributed by atoms with Gasteiger partial charge in [0.2, 0.25) is 5.91 Å². The summed E-state index contributed by atoms with van der Waals surface area (Å²) in [5.74, 6) is -0.705. The van der Waals surface area contributed by atoms with E-state index in [9.17, 15) is 17.6 Å². The molecule has 0 spiro atoms. The van der Waals surface area contributed by atoms with Gasteiger partial charge in [-0.05, 0) is 44.0 Å². The molecule has 1 aliphatic rings. The van der Waals surface area contributed by atoms with Crippen LogP contribution in [0.1, 0.15) is 19.8 Å². The predicted octanol–water partition coefficient (Wildman–Crippen LogP) is 1.34. The van der Waals surface area contributed by atoms with Crippen LogP contribution in [0.2, 0.25) is 0 Å². The lowest BCUT2D eigenvalue weighted by Gasteiger charge is -2.34. The van der Waals surface area contributed by atoms with Gasteiger partial charge in [-0.2, -0.15) is 0 Å². The molecule has 1 aliphatic heterocycles. The Hall–Kier alpha value is -1.63. The van der Waals surface area contributed by atoms with E-state index >= 15 is 0 Å². The van der Waals surface area contributed by atoms with Gasteiger partial charge in [0, 0.05) is 31.1 Å². The van der Waals surface area contributed by atoms with Crippen LogP contribution in [0.5, 0.6) is 0 Å². The van der Waals surface area contributed by atoms with Crippen molar-refractivity contribution in [2.45, 2.75) is 31.1 Å². The minimum Gasteiger partial charge on any atom is -0.371 e. The molecule has 0 radical (unpaired) electrons. The number of piperidine rings is 1. The molecule has 7 heteroatoms. The summed E-state index contributed by atoms with van der Waals surface area (Å²) in [4.78, 5) is 14.0. The molecule has 1 heterocycles. The zero-order valence-corrected chi connectivity index (χ0v) is 13.6. The minimum absolute atomic E-state index is 0.0200. The van der Waals surface area contributed by atoms with E-state index in [4.69, 9.17) is 0 Å². The predicted molar refractivity (Wildman–Crippen MR) is 84.1 cm³/mol. The zero-order chi connectivity index (χ0) is 16.3. The fourth-order valence-corrected chi connectivity index (χ4v) is 2.90. The highest BCUT2D eigenvalue weighted by molar-refractivity contribution is 7.92. The smallest absolute Gasteiger partial charge is 0.238 e. The number of hydrogen-bond donors (Lipinski definition) is 1. The topological polar surface area (TPSA) is 66.5 Å². The van der Waals surface area contributed by atoms with Crippen molar-refractivity contribution in [3.05, 3.63) is 30.1 Å². The van der Waals surface area contributed by atoms with Gasteiger partial charge in [-0.1, -0.05) is 0 Å². The number of anilines is 1. The lowest BCUT2D eigenvalue weighted by atomic mass is 10.0. The van der Waals surface area contributed by atoms with Gasteiger partial charge in [0.05, 0.1) is 0 Å². The van der Waals surface area contributed by atoms with Crippen LogP contribution in [0, 0.1) is 5.82 Å². The highest BCUT2D eigenvalue weighted by Crippen LogP contribution is 2.20. The molecule has 1 atom stereocenters. The Morgan fingerprint density at radius 3 is 2.32 bits per heavy atom. The molecule has 122 valence electrons. The van der Waals surface area contributed by atoms with Crippen LogP contribution in [0.15, 0.2) is 24.3 Å². The van der Waals surface area contributed by atoms with E-state index in [2.05, 4.69) is 10.2 Å². The van der Waals surface area contributed by atoms with Crippen LogP contribution in [-0.2, 0) is 14.6 Å². The molecule has 0 aliphatic carbocycles. The first-order chi connectivity index (χ1) is 10.3. The third-order valence-corrected chi connectivity index (χ3v) is 5.54. The highest BCUT2D eigenvalue weighted by atomic mass is 32.2. The van der Waals surface area contributed by atoms with Crippen molar-refractivity contribution in [1.29, 1.82) is 0 Å². The van der Waals surface area contributed by atoms with Gasteiger partial charge in [0.25, 0.3) is 0 Å². The van der Waals surface area contributed by atoms with Crippen LogP contribution in [0.25, 0.3) is 0 Å². The van der Waals surface area contributed by atoms with Crippen LogP contribution in [0.4, 0.5) is 10.1 Å². The van der Waals surface area contributed by atoms with Gasteiger partial charge in [-0.25, -0.2) is 12.8 Å². The fourth-order valence-electron chi connectivity index (χ4n) is 2.45. The summed E-state index contributed by atoms with van der Waals surface area (Å²) >= 11 is 0. The maximum absolute atomic E-state index is 12.9. The van der Waals surface area contributed by atoms with Crippen LogP contribution in [-0.4, -0.2) is 45.0 Å². The Kier molecular flexibility index (Phi) is 5.05. The number of hydrogen-bond acceptors (Lipinski definition) is 4. The molecule has 1 saturated heterocycles. The fraction of sp³-hybridized carbons (Fsp3) is 0.533. The largest absolute Gasteiger partial charge is 0.371 e. The van der Waals surface area contributed by atoms with Gasteiger partial charge in [0.15, 0.2) is 9.84 Å². The second-order valence-corrected chi connectivity index (χ2v) is 8.08. The molecule has 1 amide bonds. The molecule has 1 aromatic rings. The van der Waals surface area contributed by atoms with E-state index in [0.29, 0.717) is 0 Å². The first kappa shape index (κ1) is 16.7. The monoisotopic (exact) mass is 328 g/mol. The highest BCUT2D eigenvalue weighted by Gasteiger charge is 2.27. The van der Waals surface area contributed by atoms with Gasteiger partial charge in [0.1, 0.15) is 11.1 Å². The number of halogens is 1. The third kappa shape index (κ3) is 4.19. The lowest BCUT2D eigenvalue weighted by Crippen LogP contribution is -2.48. The first-order valence-electron chi connectivity index (χ1n) is 7.27. The number of carbonyl (C=O) groups excluding carboxylic acids is 1. The maximum atomic E-state index is 12.9. The van der Waals surface area contributed by atoms with E-state index in [1.165, 1.54) is 19.1 Å². The molecule has 0 unspecified atom stereocenters. The molecule has 22 heavy (non-hydrogen) atoms. The summed E-state index contributed by atoms with van der Waals surface area (Å²) in [6.07, 6.45) is 2.54. The minimum atomic E-state index is -3.37. The lowest BCUT2D eigenvalue weighted by molar-refractivity contribution is -0.121. The molecule has 0 aromatic heterocycles. The van der Waals surface area contributed by atoms with Gasteiger partial charge in [-0.15, -0.1) is 0 Å². The number of benzene rings is 1. The number of sulfone groups is 1. The molecule has 1 fully saturated rings. The van der Waals surface area contributed by atoms with Gasteiger partial charge < -0.3 is 10.2 Å². The number of nitrogens with zero attached hydrogens (tertiary/aromatic N) is 1. The second-order valence-electron chi connectivity index (χ2n) is 5.72. The molecule has 0 saturated carbocycles. The van der Waals surface area contributed by atoms with E-state index in [1.54, 1.807) is 12.1 Å². The summed E-state index contributed by atoms with van der Waals surface area (Å²) in [5.41, 5.74) is 0.954. The van der Waals surface area contributed by atoms with E-state index < -0.39 is 21.0 Å². The average molecular weight is 328 g/mol. The number of rotatable bonds is 4. The Balaban J connectivity index is 1.87. The molecule has 0 bridgehead atoms. The van der Waals surface area contributed by atoms with Crippen molar-refractivity contribution in [1.82, 2.24) is 5.32 Å². The molecule has 1 N–H and O–H groups in total. The molecule has 5 nitrogen and oxygen atoms in total. The summed E-state index contributed by atoms with van der Waals surface area (Å²) in [6, 6.07) is 6.31. The molecule has 1 aromatic carbocycles. The second kappa shape index (κ2) is 6.64. The Morgan fingerprint density at radius 2 is 1.82 bits per heavy atom. The maximum Gasteiger partial charge on any atom is 0.238 e. The Bertz CT molecular complexity index is 623. The Labute approximate surface area is 130 Å². The number of carbonyl (C=O) groups is 1. The van der Waals surface area contributed by atoms with Crippen molar-refractivity contribution < 1.29 is 17.6 Å². The molecular weight excluding hydrogens is 307 g/mol. The van der Waals surface area contributed by atoms with Crippen molar-refractivity contribution in [2.24, 2.45) is 0 Å². The SMILES string of the molecule is C[C@H](C(=O)NC1CCN(c2ccc(F)cc2)CC1)S(C)(=O)=O. The van der Waals surface area contributed by atoms with Crippen LogP contribution in [0.3, 0.4) is 0 Å². The first-order valence-corrected chi connectivity index (χ1v) is 9.22. The van der Waals surface area contributed by atoms with Gasteiger partial charge >= 0.3 is 0 Å².